The second-order valence-electron chi connectivity index (χ2n) is 5.08. The Kier molecular flexibility index (Phi) is 12.7. The Bertz CT molecular complexity index is 486. The van der Waals surface area contributed by atoms with E-state index < -0.39 is 0 Å². The van der Waals surface area contributed by atoms with Gasteiger partial charge < -0.3 is 0 Å². The molecule has 2 aromatic carbocycles. The van der Waals surface area contributed by atoms with Gasteiger partial charge in [-0.2, -0.15) is 11.8 Å². The number of thioether (sulfide) groups is 1. The van der Waals surface area contributed by atoms with E-state index in [2.05, 4.69) is 62.4 Å². The zero-order valence-electron chi connectivity index (χ0n) is 15.1. The first-order valence-electron chi connectivity index (χ1n) is 8.27. The molecule has 0 aromatic heterocycles. The van der Waals surface area contributed by atoms with Crippen LogP contribution in [0.4, 0.5) is 0 Å². The van der Waals surface area contributed by atoms with Crippen molar-refractivity contribution in [3.05, 3.63) is 59.7 Å². The fourth-order valence-corrected chi connectivity index (χ4v) is 2.07. The molecule has 0 heterocycles. The summed E-state index contributed by atoms with van der Waals surface area (Å²) in [4.78, 5) is 0. The van der Waals surface area contributed by atoms with Crippen molar-refractivity contribution in [3.63, 3.8) is 0 Å². The molecule has 22 heavy (non-hydrogen) atoms. The lowest BCUT2D eigenvalue weighted by Crippen LogP contribution is -1.85. The van der Waals surface area contributed by atoms with Crippen LogP contribution in [-0.4, -0.2) is 12.5 Å². The molecular weight excluding hydrogens is 284 g/mol. The molecule has 0 amide bonds. The van der Waals surface area contributed by atoms with Gasteiger partial charge in [-0.3, -0.25) is 0 Å². The first-order chi connectivity index (χ1) is 10.7. The predicted octanol–water partition coefficient (Wildman–Crippen LogP) is 7.01. The van der Waals surface area contributed by atoms with E-state index >= 15 is 0 Å². The largest absolute Gasteiger partial charge is 0.169 e. The summed E-state index contributed by atoms with van der Waals surface area (Å²) in [6, 6.07) is 17.7. The van der Waals surface area contributed by atoms with Gasteiger partial charge >= 0.3 is 0 Å². The van der Waals surface area contributed by atoms with Crippen LogP contribution >= 0.6 is 11.8 Å². The quantitative estimate of drug-likeness (QED) is 0.584. The van der Waals surface area contributed by atoms with E-state index in [1.165, 1.54) is 41.5 Å². The van der Waals surface area contributed by atoms with Crippen LogP contribution in [-0.2, 0) is 6.42 Å². The van der Waals surface area contributed by atoms with Crippen molar-refractivity contribution < 1.29 is 0 Å². The van der Waals surface area contributed by atoms with E-state index in [4.69, 9.17) is 0 Å². The maximum absolute atomic E-state index is 2.26. The van der Waals surface area contributed by atoms with E-state index in [9.17, 15) is 0 Å². The lowest BCUT2D eigenvalue weighted by Gasteiger charge is -2.05. The first-order valence-corrected chi connectivity index (χ1v) is 9.90. The van der Waals surface area contributed by atoms with Crippen molar-refractivity contribution in [2.45, 2.75) is 47.0 Å². The second kappa shape index (κ2) is 13.5. The summed E-state index contributed by atoms with van der Waals surface area (Å²) >= 11 is 1.75. The van der Waals surface area contributed by atoms with Crippen LogP contribution in [0.1, 0.15) is 44.7 Å². The van der Waals surface area contributed by atoms with E-state index in [0.717, 1.165) is 0 Å². The summed E-state index contributed by atoms with van der Waals surface area (Å²) in [6.07, 6.45) is 7.83. The normalized spacial score (nSPS) is 9.18. The summed E-state index contributed by atoms with van der Waals surface area (Å²) in [7, 11) is 0. The molecule has 0 atom stereocenters. The number of unbranched alkanes of at least 4 members (excludes halogenated alkanes) is 1. The monoisotopic (exact) mass is 316 g/mol. The maximum atomic E-state index is 2.26. The van der Waals surface area contributed by atoms with Gasteiger partial charge in [-0.1, -0.05) is 81.3 Å². The van der Waals surface area contributed by atoms with Crippen LogP contribution in [0.2, 0.25) is 0 Å². The molecule has 2 aromatic rings. The molecule has 1 heteroatoms. The SMILES string of the molecule is CC.CCCCc1ccc(-c2cccc(C)c2)cc1.CSC. The zero-order chi connectivity index (χ0) is 16.8. The van der Waals surface area contributed by atoms with Gasteiger partial charge in [0, 0.05) is 0 Å². The van der Waals surface area contributed by atoms with Gasteiger partial charge in [-0.25, -0.2) is 0 Å². The smallest absolute Gasteiger partial charge is 0.0181 e. The third-order valence-corrected chi connectivity index (χ3v) is 3.12. The average Bonchev–Trinajstić information content (AvgIpc) is 2.56. The highest BCUT2D eigenvalue weighted by Gasteiger charge is 1.98. The van der Waals surface area contributed by atoms with Crippen molar-refractivity contribution in [2.24, 2.45) is 0 Å². The minimum Gasteiger partial charge on any atom is -0.169 e. The van der Waals surface area contributed by atoms with Gasteiger partial charge in [0.2, 0.25) is 0 Å². The fourth-order valence-electron chi connectivity index (χ4n) is 2.07. The molecule has 0 unspecified atom stereocenters. The third kappa shape index (κ3) is 8.29. The van der Waals surface area contributed by atoms with Crippen molar-refractivity contribution in [2.75, 3.05) is 12.5 Å². The summed E-state index contributed by atoms with van der Waals surface area (Å²) in [5, 5.41) is 0. The molecule has 0 N–H and O–H groups in total. The highest BCUT2D eigenvalue weighted by molar-refractivity contribution is 7.97. The topological polar surface area (TPSA) is 0 Å². The Morgan fingerprint density at radius 1 is 0.864 bits per heavy atom. The van der Waals surface area contributed by atoms with Crippen LogP contribution in [0.3, 0.4) is 0 Å². The second-order valence-corrected chi connectivity index (χ2v) is 5.89. The number of benzene rings is 2. The van der Waals surface area contributed by atoms with Gasteiger partial charge in [0.1, 0.15) is 0 Å². The molecule has 0 bridgehead atoms. The number of hydrogen-bond acceptors (Lipinski definition) is 1. The Morgan fingerprint density at radius 2 is 1.45 bits per heavy atom. The van der Waals surface area contributed by atoms with Crippen LogP contribution in [0.5, 0.6) is 0 Å². The van der Waals surface area contributed by atoms with Gasteiger partial charge in [0.15, 0.2) is 0 Å². The lowest BCUT2D eigenvalue weighted by molar-refractivity contribution is 0.795. The van der Waals surface area contributed by atoms with Crippen molar-refractivity contribution >= 4 is 11.8 Å². The van der Waals surface area contributed by atoms with Crippen molar-refractivity contribution in [1.82, 2.24) is 0 Å². The van der Waals surface area contributed by atoms with Crippen LogP contribution in [0.25, 0.3) is 11.1 Å². The average molecular weight is 317 g/mol. The summed E-state index contributed by atoms with van der Waals surface area (Å²) in [6.45, 7) is 8.38. The van der Waals surface area contributed by atoms with Gasteiger partial charge in [0.25, 0.3) is 0 Å². The van der Waals surface area contributed by atoms with Crippen molar-refractivity contribution in [3.8, 4) is 11.1 Å². The summed E-state index contributed by atoms with van der Waals surface area (Å²) < 4.78 is 0. The summed E-state index contributed by atoms with van der Waals surface area (Å²) in [5.41, 5.74) is 5.39. The third-order valence-electron chi connectivity index (χ3n) is 3.12. The van der Waals surface area contributed by atoms with Crippen LogP contribution in [0, 0.1) is 6.92 Å². The van der Waals surface area contributed by atoms with E-state index in [0.29, 0.717) is 0 Å². The van der Waals surface area contributed by atoms with Gasteiger partial charge in [-0.15, -0.1) is 0 Å². The van der Waals surface area contributed by atoms with E-state index in [1.807, 2.05) is 26.4 Å². The lowest BCUT2D eigenvalue weighted by atomic mass is 10.0. The zero-order valence-corrected chi connectivity index (χ0v) is 16.0. The maximum Gasteiger partial charge on any atom is -0.0181 e. The minimum absolute atomic E-state index is 1.20. The van der Waals surface area contributed by atoms with E-state index in [1.54, 1.807) is 11.8 Å². The molecule has 0 nitrogen and oxygen atoms in total. The number of aryl methyl sites for hydroxylation is 2. The molecule has 0 saturated heterocycles. The highest BCUT2D eigenvalue weighted by atomic mass is 32.2. The molecular formula is C21H32S. The molecule has 0 saturated carbocycles. The van der Waals surface area contributed by atoms with Gasteiger partial charge in [0.05, 0.1) is 0 Å². The molecule has 0 aliphatic heterocycles. The fraction of sp³-hybridized carbons (Fsp3) is 0.429. The molecule has 0 radical (unpaired) electrons. The molecule has 122 valence electrons. The molecule has 2 rings (SSSR count). The Balaban J connectivity index is 0.000000789. The number of rotatable bonds is 4. The standard InChI is InChI=1S/C17H20.C2H6S.C2H6/c1-3-4-7-15-9-11-16(12-10-15)17-8-5-6-14(2)13-17;1-3-2;1-2/h5-6,8-13H,3-4,7H2,1-2H3;1-2H3;1-2H3. The molecule has 0 spiro atoms. The van der Waals surface area contributed by atoms with Crippen LogP contribution < -0.4 is 0 Å². The molecule has 0 fully saturated rings. The predicted molar refractivity (Wildman–Crippen MR) is 106 cm³/mol. The Labute approximate surface area is 142 Å². The number of hydrogen-bond donors (Lipinski definition) is 0. The van der Waals surface area contributed by atoms with Crippen LogP contribution in [0.15, 0.2) is 48.5 Å². The van der Waals surface area contributed by atoms with Crippen molar-refractivity contribution in [1.29, 1.82) is 0 Å². The summed E-state index contributed by atoms with van der Waals surface area (Å²) in [5.74, 6) is 0. The van der Waals surface area contributed by atoms with E-state index in [-0.39, 0.29) is 0 Å². The first kappa shape index (κ1) is 20.8. The highest BCUT2D eigenvalue weighted by Crippen LogP contribution is 2.21. The Hall–Kier alpha value is -1.21. The van der Waals surface area contributed by atoms with Gasteiger partial charge in [-0.05, 0) is 49.0 Å². The molecule has 0 aliphatic carbocycles. The molecule has 0 aliphatic rings. The Morgan fingerprint density at radius 3 is 1.95 bits per heavy atom. The minimum atomic E-state index is 1.20.